The number of rotatable bonds is 8. The summed E-state index contributed by atoms with van der Waals surface area (Å²) < 4.78 is 5.05. The molecule has 0 aliphatic rings. The topological polar surface area (TPSA) is 75.6 Å². The minimum Gasteiger partial charge on any atom is -0.481 e. The summed E-state index contributed by atoms with van der Waals surface area (Å²) in [4.78, 5) is 22.3. The number of aliphatic carboxylic acids is 1. The van der Waals surface area contributed by atoms with Crippen LogP contribution in [0.2, 0.25) is 0 Å². The molecule has 1 amide bonds. The molecule has 2 N–H and O–H groups in total. The van der Waals surface area contributed by atoms with E-state index in [0.717, 1.165) is 11.1 Å². The van der Waals surface area contributed by atoms with E-state index in [9.17, 15) is 9.59 Å². The number of methoxy groups -OCH3 is 1. The predicted octanol–water partition coefficient (Wildman–Crippen LogP) is 1.75. The van der Waals surface area contributed by atoms with Crippen LogP contribution in [0.5, 0.6) is 0 Å². The van der Waals surface area contributed by atoms with E-state index in [0.29, 0.717) is 13.0 Å². The Balaban J connectivity index is 2.45. The molecule has 5 nitrogen and oxygen atoms in total. The predicted molar refractivity (Wildman–Crippen MR) is 75.3 cm³/mol. The molecule has 0 aliphatic heterocycles. The first kappa shape index (κ1) is 16.2. The monoisotopic (exact) mass is 279 g/mol. The van der Waals surface area contributed by atoms with Crippen LogP contribution in [0.3, 0.4) is 0 Å². The summed E-state index contributed by atoms with van der Waals surface area (Å²) in [5.41, 5.74) is 1.94. The zero-order chi connectivity index (χ0) is 15.0. The molecule has 5 heteroatoms. The Morgan fingerprint density at radius 3 is 2.70 bits per heavy atom. The lowest BCUT2D eigenvalue weighted by Gasteiger charge is -2.13. The van der Waals surface area contributed by atoms with Gasteiger partial charge in [-0.05, 0) is 24.5 Å². The van der Waals surface area contributed by atoms with Crippen LogP contribution in [0.4, 0.5) is 0 Å². The molecule has 20 heavy (non-hydrogen) atoms. The van der Waals surface area contributed by atoms with E-state index < -0.39 is 5.97 Å². The molecule has 0 spiro atoms. The Bertz CT molecular complexity index is 459. The third-order valence-corrected chi connectivity index (χ3v) is 2.87. The second kappa shape index (κ2) is 8.32. The van der Waals surface area contributed by atoms with Crippen LogP contribution in [-0.2, 0) is 27.4 Å². The molecule has 1 aromatic carbocycles. The first-order valence-electron chi connectivity index (χ1n) is 6.59. The molecule has 0 fully saturated rings. The first-order chi connectivity index (χ1) is 9.51. The third-order valence-electron chi connectivity index (χ3n) is 2.87. The van der Waals surface area contributed by atoms with Crippen LogP contribution in [0.1, 0.15) is 30.9 Å². The second-order valence-corrected chi connectivity index (χ2v) is 4.83. The quantitative estimate of drug-likeness (QED) is 0.760. The summed E-state index contributed by atoms with van der Waals surface area (Å²) in [6, 6.07) is 7.53. The van der Waals surface area contributed by atoms with Crippen molar-refractivity contribution >= 4 is 11.9 Å². The van der Waals surface area contributed by atoms with Gasteiger partial charge < -0.3 is 15.2 Å². The van der Waals surface area contributed by atoms with Gasteiger partial charge >= 0.3 is 5.97 Å². The summed E-state index contributed by atoms with van der Waals surface area (Å²) in [5, 5.41) is 11.4. The van der Waals surface area contributed by atoms with E-state index in [-0.39, 0.29) is 24.8 Å². The lowest BCUT2D eigenvalue weighted by molar-refractivity contribution is -0.137. The summed E-state index contributed by atoms with van der Waals surface area (Å²) in [6.45, 7) is 2.33. The van der Waals surface area contributed by atoms with Crippen molar-refractivity contribution in [2.75, 3.05) is 7.11 Å². The van der Waals surface area contributed by atoms with Crippen molar-refractivity contribution in [1.29, 1.82) is 0 Å². The van der Waals surface area contributed by atoms with Gasteiger partial charge in [-0.1, -0.05) is 24.3 Å². The van der Waals surface area contributed by atoms with Crippen LogP contribution in [0, 0.1) is 0 Å². The van der Waals surface area contributed by atoms with Crippen LogP contribution in [-0.4, -0.2) is 30.1 Å². The minimum absolute atomic E-state index is 0.0603. The Kier molecular flexibility index (Phi) is 6.73. The lowest BCUT2D eigenvalue weighted by Crippen LogP contribution is -2.34. The van der Waals surface area contributed by atoms with E-state index >= 15 is 0 Å². The normalized spacial score (nSPS) is 11.9. The number of ether oxygens (including phenoxy) is 1. The number of benzene rings is 1. The fraction of sp³-hybridized carbons (Fsp3) is 0.467. The van der Waals surface area contributed by atoms with Gasteiger partial charge in [-0.25, -0.2) is 0 Å². The second-order valence-electron chi connectivity index (χ2n) is 4.83. The van der Waals surface area contributed by atoms with Gasteiger partial charge in [0, 0.05) is 19.6 Å². The SMILES string of the molecule is COCc1cccc(CC(=O)NC(C)CCC(=O)O)c1. The largest absolute Gasteiger partial charge is 0.481 e. The highest BCUT2D eigenvalue weighted by Gasteiger charge is 2.10. The highest BCUT2D eigenvalue weighted by Crippen LogP contribution is 2.07. The van der Waals surface area contributed by atoms with Gasteiger partial charge in [0.2, 0.25) is 5.91 Å². The maximum Gasteiger partial charge on any atom is 0.303 e. The fourth-order valence-corrected chi connectivity index (χ4v) is 1.92. The number of carboxylic acids is 1. The molecule has 1 rings (SSSR count). The van der Waals surface area contributed by atoms with Crippen molar-refractivity contribution in [3.8, 4) is 0 Å². The van der Waals surface area contributed by atoms with Crippen LogP contribution >= 0.6 is 0 Å². The van der Waals surface area contributed by atoms with E-state index in [1.54, 1.807) is 7.11 Å². The van der Waals surface area contributed by atoms with Crippen molar-refractivity contribution in [3.63, 3.8) is 0 Å². The Morgan fingerprint density at radius 2 is 2.05 bits per heavy atom. The molecule has 110 valence electrons. The number of carboxylic acid groups (broad SMARTS) is 1. The zero-order valence-corrected chi connectivity index (χ0v) is 11.9. The highest BCUT2D eigenvalue weighted by molar-refractivity contribution is 5.79. The zero-order valence-electron chi connectivity index (χ0n) is 11.9. The molecule has 1 atom stereocenters. The van der Waals surface area contributed by atoms with Crippen molar-refractivity contribution in [1.82, 2.24) is 5.32 Å². The molecular weight excluding hydrogens is 258 g/mol. The number of carbonyl (C=O) groups excluding carboxylic acids is 1. The van der Waals surface area contributed by atoms with Gasteiger partial charge in [0.05, 0.1) is 13.0 Å². The smallest absolute Gasteiger partial charge is 0.303 e. The van der Waals surface area contributed by atoms with E-state index in [1.807, 2.05) is 31.2 Å². The maximum absolute atomic E-state index is 11.8. The Morgan fingerprint density at radius 1 is 1.35 bits per heavy atom. The highest BCUT2D eigenvalue weighted by atomic mass is 16.5. The molecule has 0 radical (unpaired) electrons. The summed E-state index contributed by atoms with van der Waals surface area (Å²) in [7, 11) is 1.63. The number of amides is 1. The van der Waals surface area contributed by atoms with Crippen molar-refractivity contribution in [3.05, 3.63) is 35.4 Å². The van der Waals surface area contributed by atoms with Gasteiger partial charge in [0.15, 0.2) is 0 Å². The molecule has 0 aromatic heterocycles. The van der Waals surface area contributed by atoms with Gasteiger partial charge in [-0.15, -0.1) is 0 Å². The van der Waals surface area contributed by atoms with Gasteiger partial charge in [0.1, 0.15) is 0 Å². The van der Waals surface area contributed by atoms with Gasteiger partial charge in [0.25, 0.3) is 0 Å². The van der Waals surface area contributed by atoms with Crippen molar-refractivity contribution in [2.45, 2.75) is 38.8 Å². The average Bonchev–Trinajstić information content (AvgIpc) is 2.37. The number of carbonyl (C=O) groups is 2. The molecule has 0 saturated heterocycles. The van der Waals surface area contributed by atoms with E-state index in [2.05, 4.69) is 5.32 Å². The van der Waals surface area contributed by atoms with Crippen LogP contribution in [0.25, 0.3) is 0 Å². The maximum atomic E-state index is 11.8. The summed E-state index contributed by atoms with van der Waals surface area (Å²) in [6.07, 6.45) is 0.782. The molecule has 0 bridgehead atoms. The summed E-state index contributed by atoms with van der Waals surface area (Å²) >= 11 is 0. The van der Waals surface area contributed by atoms with E-state index in [1.165, 1.54) is 0 Å². The molecule has 0 saturated carbocycles. The fourth-order valence-electron chi connectivity index (χ4n) is 1.92. The Hall–Kier alpha value is -1.88. The van der Waals surface area contributed by atoms with E-state index in [4.69, 9.17) is 9.84 Å². The molecule has 1 aromatic rings. The molecule has 0 heterocycles. The lowest BCUT2D eigenvalue weighted by atomic mass is 10.1. The van der Waals surface area contributed by atoms with Crippen molar-refractivity contribution in [2.24, 2.45) is 0 Å². The molecule has 0 aliphatic carbocycles. The van der Waals surface area contributed by atoms with Crippen LogP contribution in [0.15, 0.2) is 24.3 Å². The Labute approximate surface area is 118 Å². The first-order valence-corrected chi connectivity index (χ1v) is 6.59. The molecule has 1 unspecified atom stereocenters. The van der Waals surface area contributed by atoms with Gasteiger partial charge in [-0.2, -0.15) is 0 Å². The van der Waals surface area contributed by atoms with Crippen LogP contribution < -0.4 is 5.32 Å². The number of hydrogen-bond donors (Lipinski definition) is 2. The molecular formula is C15H21NO4. The average molecular weight is 279 g/mol. The van der Waals surface area contributed by atoms with Gasteiger partial charge in [-0.3, -0.25) is 9.59 Å². The third kappa shape index (κ3) is 6.33. The number of nitrogens with one attached hydrogen (secondary N) is 1. The summed E-state index contributed by atoms with van der Waals surface area (Å²) in [5.74, 6) is -0.948. The number of hydrogen-bond acceptors (Lipinski definition) is 3. The van der Waals surface area contributed by atoms with Crippen molar-refractivity contribution < 1.29 is 19.4 Å². The minimum atomic E-state index is -0.849. The standard InChI is InChI=1S/C15H21NO4/c1-11(6-7-15(18)19)16-14(17)9-12-4-3-5-13(8-12)10-20-2/h3-5,8,11H,6-7,9-10H2,1-2H3,(H,16,17)(H,18,19).